The Labute approximate surface area is 156 Å². The van der Waals surface area contributed by atoms with E-state index < -0.39 is 11.8 Å². The van der Waals surface area contributed by atoms with Crippen LogP contribution in [-0.2, 0) is 16.0 Å². The quantitative estimate of drug-likeness (QED) is 0.424. The first-order valence-corrected chi connectivity index (χ1v) is 7.93. The van der Waals surface area contributed by atoms with Crippen LogP contribution < -0.4 is 15.5 Å². The molecule has 0 aromatic heterocycles. The third-order valence-electron chi connectivity index (χ3n) is 3.62. The van der Waals surface area contributed by atoms with E-state index in [-0.39, 0.29) is 17.9 Å². The van der Waals surface area contributed by atoms with E-state index in [1.165, 1.54) is 13.2 Å². The zero-order valence-corrected chi connectivity index (χ0v) is 14.8. The lowest BCUT2D eigenvalue weighted by Crippen LogP contribution is -2.32. The molecule has 0 aliphatic heterocycles. The number of benzene rings is 2. The van der Waals surface area contributed by atoms with E-state index >= 15 is 0 Å². The van der Waals surface area contributed by atoms with Gasteiger partial charge in [0.05, 0.1) is 25.3 Å². The number of phenols is 1. The minimum atomic E-state index is -0.929. The molecule has 0 saturated carbocycles. The van der Waals surface area contributed by atoms with E-state index in [1.54, 1.807) is 43.3 Å². The summed E-state index contributed by atoms with van der Waals surface area (Å²) < 4.78 is 5.02. The molecule has 3 N–H and O–H groups in total. The maximum Gasteiger partial charge on any atom is 0.329 e. The second kappa shape index (κ2) is 9.01. The number of nitrogens with one attached hydrogen (secondary N) is 2. The van der Waals surface area contributed by atoms with Gasteiger partial charge in [-0.05, 0) is 42.8 Å². The number of anilines is 1. The lowest BCUT2D eigenvalue weighted by atomic mass is 10.1. The Hall–Kier alpha value is -3.86. The number of hydrogen-bond acceptors (Lipinski definition) is 6. The summed E-state index contributed by atoms with van der Waals surface area (Å²) in [4.78, 5) is 23.8. The minimum Gasteiger partial charge on any atom is -0.504 e. The summed E-state index contributed by atoms with van der Waals surface area (Å²) in [5.41, 5.74) is 4.45. The van der Waals surface area contributed by atoms with Gasteiger partial charge in [-0.15, -0.1) is 0 Å². The molecule has 0 bridgehead atoms. The van der Waals surface area contributed by atoms with Crippen LogP contribution in [0.1, 0.15) is 18.1 Å². The summed E-state index contributed by atoms with van der Waals surface area (Å²) in [7, 11) is 1.42. The highest BCUT2D eigenvalue weighted by atomic mass is 16.5. The van der Waals surface area contributed by atoms with Gasteiger partial charge in [-0.3, -0.25) is 9.59 Å². The first-order valence-electron chi connectivity index (χ1n) is 7.93. The molecule has 8 heteroatoms. The number of hydrogen-bond donors (Lipinski definition) is 3. The van der Waals surface area contributed by atoms with Crippen LogP contribution in [-0.4, -0.2) is 29.7 Å². The second-order valence-corrected chi connectivity index (χ2v) is 5.51. The van der Waals surface area contributed by atoms with Gasteiger partial charge in [-0.2, -0.15) is 10.4 Å². The van der Waals surface area contributed by atoms with E-state index in [4.69, 9.17) is 10.00 Å². The Morgan fingerprint density at radius 2 is 1.89 bits per heavy atom. The first kappa shape index (κ1) is 19.5. The number of aromatic hydroxyl groups is 1. The third kappa shape index (κ3) is 5.31. The third-order valence-corrected chi connectivity index (χ3v) is 3.62. The van der Waals surface area contributed by atoms with Crippen molar-refractivity contribution in [3.8, 4) is 17.6 Å². The number of methoxy groups -OCH3 is 1. The maximum atomic E-state index is 11.9. The van der Waals surface area contributed by atoms with Crippen molar-refractivity contribution >= 4 is 23.2 Å². The van der Waals surface area contributed by atoms with Gasteiger partial charge < -0.3 is 15.2 Å². The summed E-state index contributed by atoms with van der Waals surface area (Å²) in [6.07, 6.45) is 0.269. The van der Waals surface area contributed by atoms with Crippen LogP contribution in [0.2, 0.25) is 0 Å². The van der Waals surface area contributed by atoms with Gasteiger partial charge in [0.2, 0.25) is 0 Å². The van der Waals surface area contributed by atoms with Crippen LogP contribution in [0, 0.1) is 11.3 Å². The van der Waals surface area contributed by atoms with Crippen LogP contribution in [0.3, 0.4) is 0 Å². The van der Waals surface area contributed by atoms with Gasteiger partial charge in [0, 0.05) is 11.3 Å². The molecular weight excluding hydrogens is 348 g/mol. The van der Waals surface area contributed by atoms with Crippen molar-refractivity contribution < 1.29 is 19.4 Å². The van der Waals surface area contributed by atoms with Gasteiger partial charge in [0.25, 0.3) is 0 Å². The maximum absolute atomic E-state index is 11.9. The number of amides is 2. The van der Waals surface area contributed by atoms with Crippen molar-refractivity contribution in [1.29, 1.82) is 5.26 Å². The minimum absolute atomic E-state index is 0.0155. The van der Waals surface area contributed by atoms with Crippen LogP contribution in [0.15, 0.2) is 47.6 Å². The molecular formula is C19H18N4O4. The van der Waals surface area contributed by atoms with Crippen LogP contribution in [0.5, 0.6) is 11.5 Å². The zero-order chi connectivity index (χ0) is 19.8. The van der Waals surface area contributed by atoms with E-state index in [2.05, 4.69) is 15.8 Å². The van der Waals surface area contributed by atoms with Crippen LogP contribution >= 0.6 is 0 Å². The molecule has 0 saturated heterocycles. The molecule has 0 fully saturated rings. The molecule has 0 heterocycles. The smallest absolute Gasteiger partial charge is 0.329 e. The van der Waals surface area contributed by atoms with Gasteiger partial charge in [-0.1, -0.05) is 12.1 Å². The Kier molecular flexibility index (Phi) is 6.49. The molecule has 8 nitrogen and oxygen atoms in total. The largest absolute Gasteiger partial charge is 0.504 e. The summed E-state index contributed by atoms with van der Waals surface area (Å²) in [5, 5.41) is 24.6. The predicted molar refractivity (Wildman–Crippen MR) is 99.4 cm³/mol. The fourth-order valence-corrected chi connectivity index (χ4v) is 2.14. The normalized spacial score (nSPS) is 10.6. The molecule has 2 rings (SSSR count). The Morgan fingerprint density at radius 1 is 1.19 bits per heavy atom. The van der Waals surface area contributed by atoms with Crippen LogP contribution in [0.25, 0.3) is 0 Å². The monoisotopic (exact) mass is 366 g/mol. The topological polar surface area (TPSA) is 124 Å². The van der Waals surface area contributed by atoms with E-state index in [0.29, 0.717) is 17.0 Å². The highest BCUT2D eigenvalue weighted by Crippen LogP contribution is 2.26. The zero-order valence-electron chi connectivity index (χ0n) is 14.8. The van der Waals surface area contributed by atoms with Crippen molar-refractivity contribution in [1.82, 2.24) is 5.43 Å². The average molecular weight is 366 g/mol. The highest BCUT2D eigenvalue weighted by molar-refractivity contribution is 6.39. The average Bonchev–Trinajstić information content (AvgIpc) is 2.67. The Balaban J connectivity index is 1.98. The summed E-state index contributed by atoms with van der Waals surface area (Å²) in [5.74, 6) is -1.55. The van der Waals surface area contributed by atoms with Crippen molar-refractivity contribution in [2.45, 2.75) is 13.3 Å². The number of carbonyl (C=O) groups is 2. The van der Waals surface area contributed by atoms with Gasteiger partial charge in [0.1, 0.15) is 0 Å². The van der Waals surface area contributed by atoms with Crippen molar-refractivity contribution in [3.05, 3.63) is 53.6 Å². The SMILES string of the molecule is COc1cc(/C(C)=N\NC(=O)C(=O)Nc2ccc(CC#N)cc2)ccc1O. The number of hydrazone groups is 1. The molecule has 0 unspecified atom stereocenters. The lowest BCUT2D eigenvalue weighted by Gasteiger charge is -2.07. The van der Waals surface area contributed by atoms with E-state index in [1.807, 2.05) is 6.07 Å². The van der Waals surface area contributed by atoms with Crippen molar-refractivity contribution in [2.75, 3.05) is 12.4 Å². The number of phenolic OH excluding ortho intramolecular Hbond substituents is 1. The fourth-order valence-electron chi connectivity index (χ4n) is 2.14. The summed E-state index contributed by atoms with van der Waals surface area (Å²) in [6, 6.07) is 13.2. The highest BCUT2D eigenvalue weighted by Gasteiger charge is 2.13. The second-order valence-electron chi connectivity index (χ2n) is 5.51. The molecule has 0 radical (unpaired) electrons. The number of ether oxygens (including phenoxy) is 1. The molecule has 27 heavy (non-hydrogen) atoms. The number of rotatable bonds is 5. The lowest BCUT2D eigenvalue weighted by molar-refractivity contribution is -0.136. The molecule has 0 aliphatic rings. The number of nitrogens with zero attached hydrogens (tertiary/aromatic N) is 2. The predicted octanol–water partition coefficient (Wildman–Crippen LogP) is 1.95. The summed E-state index contributed by atoms with van der Waals surface area (Å²) in [6.45, 7) is 1.64. The first-order chi connectivity index (χ1) is 12.9. The molecule has 2 amide bonds. The molecule has 2 aromatic rings. The van der Waals surface area contributed by atoms with Crippen molar-refractivity contribution in [2.24, 2.45) is 5.10 Å². The standard InChI is InChI=1S/C19H18N4O4/c1-12(14-5-8-16(24)17(11-14)27-2)22-23-19(26)18(25)21-15-6-3-13(4-7-15)9-10-20/h3-8,11,24H,9H2,1-2H3,(H,21,25)(H,23,26)/b22-12-. The molecule has 2 aromatic carbocycles. The molecule has 0 aliphatic carbocycles. The molecule has 138 valence electrons. The van der Waals surface area contributed by atoms with E-state index in [0.717, 1.165) is 5.56 Å². The van der Waals surface area contributed by atoms with Gasteiger partial charge >= 0.3 is 11.8 Å². The van der Waals surface area contributed by atoms with Crippen LogP contribution in [0.4, 0.5) is 5.69 Å². The van der Waals surface area contributed by atoms with E-state index in [9.17, 15) is 14.7 Å². The number of carbonyl (C=O) groups excluding carboxylic acids is 2. The Bertz CT molecular complexity index is 914. The number of nitriles is 1. The fraction of sp³-hybridized carbons (Fsp3) is 0.158. The summed E-state index contributed by atoms with van der Waals surface area (Å²) >= 11 is 0. The van der Waals surface area contributed by atoms with Gasteiger partial charge in [0.15, 0.2) is 11.5 Å². The Morgan fingerprint density at radius 3 is 2.52 bits per heavy atom. The molecule has 0 spiro atoms. The van der Waals surface area contributed by atoms with Crippen molar-refractivity contribution in [3.63, 3.8) is 0 Å². The van der Waals surface area contributed by atoms with Gasteiger partial charge in [-0.25, -0.2) is 5.43 Å². The molecule has 0 atom stereocenters.